The topological polar surface area (TPSA) is 77.5 Å². The number of ether oxygens (including phenoxy) is 4. The van der Waals surface area contributed by atoms with Gasteiger partial charge in [0.1, 0.15) is 5.82 Å². The normalized spacial score (nSPS) is 20.2. The molecule has 182 valence electrons. The summed E-state index contributed by atoms with van der Waals surface area (Å²) >= 11 is 0. The van der Waals surface area contributed by atoms with E-state index in [2.05, 4.69) is 0 Å². The fourth-order valence-corrected chi connectivity index (χ4v) is 4.70. The van der Waals surface area contributed by atoms with E-state index < -0.39 is 17.6 Å². The molecule has 0 aromatic heterocycles. The highest BCUT2D eigenvalue weighted by atomic mass is 19.1. The van der Waals surface area contributed by atoms with Gasteiger partial charge in [0.2, 0.25) is 11.7 Å². The number of nitrogens with zero attached hydrogens (tertiary/aromatic N) is 2. The number of rotatable bonds is 6. The van der Waals surface area contributed by atoms with Gasteiger partial charge in [-0.2, -0.15) is 0 Å². The Morgan fingerprint density at radius 3 is 2.18 bits per heavy atom. The summed E-state index contributed by atoms with van der Waals surface area (Å²) < 4.78 is 36.2. The van der Waals surface area contributed by atoms with Crippen molar-refractivity contribution in [1.82, 2.24) is 9.80 Å². The fraction of sp³-hybridized carbons (Fsp3) is 0.440. The monoisotopic (exact) mass is 472 g/mol. The van der Waals surface area contributed by atoms with Crippen molar-refractivity contribution in [2.24, 2.45) is 5.92 Å². The lowest BCUT2D eigenvalue weighted by Gasteiger charge is -2.31. The molecule has 2 heterocycles. The molecule has 0 spiro atoms. The van der Waals surface area contributed by atoms with E-state index in [-0.39, 0.29) is 30.5 Å². The number of hydrogen-bond donors (Lipinski definition) is 0. The molecule has 2 unspecified atom stereocenters. The molecule has 0 saturated carbocycles. The lowest BCUT2D eigenvalue weighted by molar-refractivity contribution is -0.139. The third-order valence-corrected chi connectivity index (χ3v) is 6.47. The number of halogens is 1. The number of morpholine rings is 1. The Kier molecular flexibility index (Phi) is 7.21. The predicted octanol–water partition coefficient (Wildman–Crippen LogP) is 2.57. The molecule has 2 aliphatic heterocycles. The second-order valence-electron chi connectivity index (χ2n) is 8.30. The van der Waals surface area contributed by atoms with E-state index in [1.807, 2.05) is 12.1 Å². The van der Waals surface area contributed by atoms with Crippen LogP contribution in [0.15, 0.2) is 36.4 Å². The van der Waals surface area contributed by atoms with E-state index in [1.165, 1.54) is 33.5 Å². The molecule has 0 N–H and O–H groups in total. The number of benzene rings is 2. The minimum absolute atomic E-state index is 0.00869. The lowest BCUT2D eigenvalue weighted by Crippen LogP contribution is -2.45. The van der Waals surface area contributed by atoms with Crippen LogP contribution in [-0.4, -0.2) is 82.3 Å². The van der Waals surface area contributed by atoms with Crippen LogP contribution in [0.2, 0.25) is 0 Å². The van der Waals surface area contributed by atoms with E-state index in [0.717, 1.165) is 5.56 Å². The third-order valence-electron chi connectivity index (χ3n) is 6.47. The van der Waals surface area contributed by atoms with Crippen LogP contribution in [0.25, 0.3) is 0 Å². The molecule has 2 aromatic carbocycles. The second kappa shape index (κ2) is 10.3. The number of amides is 2. The Morgan fingerprint density at radius 1 is 0.941 bits per heavy atom. The van der Waals surface area contributed by atoms with Gasteiger partial charge in [-0.05, 0) is 29.8 Å². The second-order valence-corrected chi connectivity index (χ2v) is 8.30. The summed E-state index contributed by atoms with van der Waals surface area (Å²) in [5, 5.41) is 0. The summed E-state index contributed by atoms with van der Waals surface area (Å²) in [4.78, 5) is 30.1. The van der Waals surface area contributed by atoms with Crippen LogP contribution < -0.4 is 14.2 Å². The highest BCUT2D eigenvalue weighted by Gasteiger charge is 2.43. The Labute approximate surface area is 198 Å². The molecule has 34 heavy (non-hydrogen) atoms. The van der Waals surface area contributed by atoms with Crippen LogP contribution >= 0.6 is 0 Å². The Bertz CT molecular complexity index is 1030. The molecule has 0 aliphatic carbocycles. The first-order valence-electron chi connectivity index (χ1n) is 11.2. The zero-order valence-electron chi connectivity index (χ0n) is 19.6. The van der Waals surface area contributed by atoms with Crippen molar-refractivity contribution in [3.8, 4) is 17.2 Å². The summed E-state index contributed by atoms with van der Waals surface area (Å²) in [6, 6.07) is 9.50. The highest BCUT2D eigenvalue weighted by Crippen LogP contribution is 2.43. The number of likely N-dealkylation sites (tertiary alicyclic amines) is 1. The van der Waals surface area contributed by atoms with Crippen molar-refractivity contribution in [3.63, 3.8) is 0 Å². The van der Waals surface area contributed by atoms with Gasteiger partial charge in [-0.15, -0.1) is 0 Å². The van der Waals surface area contributed by atoms with Gasteiger partial charge in [-0.3, -0.25) is 9.59 Å². The molecule has 0 bridgehead atoms. The Morgan fingerprint density at radius 2 is 1.59 bits per heavy atom. The number of methoxy groups -OCH3 is 3. The largest absolute Gasteiger partial charge is 0.493 e. The average molecular weight is 473 g/mol. The molecular formula is C25H29FN2O6. The van der Waals surface area contributed by atoms with E-state index >= 15 is 0 Å². The molecule has 2 fully saturated rings. The third kappa shape index (κ3) is 4.52. The molecule has 2 saturated heterocycles. The standard InChI is InChI=1S/C25H29FN2O6/c1-31-21-12-16(13-22(32-2)23(21)33-3)18-14-28(24(29)17-6-4-5-7-20(17)26)15-19(18)25(30)27-8-10-34-11-9-27/h4-7,12-13,18-19H,8-11,14-15H2,1-3H3. The minimum atomic E-state index is -0.584. The van der Waals surface area contributed by atoms with Crippen LogP contribution in [0, 0.1) is 11.7 Å². The van der Waals surface area contributed by atoms with Crippen LogP contribution in [0.1, 0.15) is 21.8 Å². The van der Waals surface area contributed by atoms with Gasteiger partial charge in [0.25, 0.3) is 5.91 Å². The van der Waals surface area contributed by atoms with Crippen molar-refractivity contribution in [1.29, 1.82) is 0 Å². The van der Waals surface area contributed by atoms with E-state index in [1.54, 1.807) is 21.9 Å². The summed E-state index contributed by atoms with van der Waals surface area (Å²) in [6.07, 6.45) is 0. The van der Waals surface area contributed by atoms with E-state index in [9.17, 15) is 14.0 Å². The van der Waals surface area contributed by atoms with Crippen molar-refractivity contribution < 1.29 is 32.9 Å². The number of carbonyl (C=O) groups excluding carboxylic acids is 2. The van der Waals surface area contributed by atoms with Gasteiger partial charge in [0, 0.05) is 32.1 Å². The summed E-state index contributed by atoms with van der Waals surface area (Å²) in [5.74, 6) is -0.529. The smallest absolute Gasteiger partial charge is 0.256 e. The van der Waals surface area contributed by atoms with Crippen molar-refractivity contribution in [2.75, 3.05) is 60.7 Å². The first-order valence-corrected chi connectivity index (χ1v) is 11.2. The average Bonchev–Trinajstić information content (AvgIpc) is 3.33. The molecule has 8 nitrogen and oxygen atoms in total. The van der Waals surface area contributed by atoms with Crippen molar-refractivity contribution in [3.05, 3.63) is 53.3 Å². The minimum Gasteiger partial charge on any atom is -0.493 e. The van der Waals surface area contributed by atoms with Gasteiger partial charge < -0.3 is 28.7 Å². The van der Waals surface area contributed by atoms with Crippen LogP contribution in [0.5, 0.6) is 17.2 Å². The quantitative estimate of drug-likeness (QED) is 0.643. The lowest BCUT2D eigenvalue weighted by atomic mass is 9.87. The maximum atomic E-state index is 14.4. The van der Waals surface area contributed by atoms with Crippen LogP contribution in [0.3, 0.4) is 0 Å². The SMILES string of the molecule is COc1cc(C2CN(C(=O)c3ccccc3F)CC2C(=O)N2CCOCC2)cc(OC)c1OC. The molecule has 2 atom stereocenters. The molecule has 9 heteroatoms. The van der Waals surface area contributed by atoms with Crippen LogP contribution in [-0.2, 0) is 9.53 Å². The number of carbonyl (C=O) groups is 2. The van der Waals surface area contributed by atoms with Gasteiger partial charge in [0.05, 0.1) is 46.0 Å². The van der Waals surface area contributed by atoms with Gasteiger partial charge in [-0.25, -0.2) is 4.39 Å². The van der Waals surface area contributed by atoms with Crippen molar-refractivity contribution >= 4 is 11.8 Å². The van der Waals surface area contributed by atoms with E-state index in [4.69, 9.17) is 18.9 Å². The molecule has 2 amide bonds. The summed E-state index contributed by atoms with van der Waals surface area (Å²) in [7, 11) is 4.58. The molecule has 2 aromatic rings. The fourth-order valence-electron chi connectivity index (χ4n) is 4.70. The first kappa shape index (κ1) is 23.8. The predicted molar refractivity (Wildman–Crippen MR) is 122 cm³/mol. The maximum absolute atomic E-state index is 14.4. The molecule has 2 aliphatic rings. The van der Waals surface area contributed by atoms with Crippen LogP contribution in [0.4, 0.5) is 4.39 Å². The first-order chi connectivity index (χ1) is 16.5. The molecule has 4 rings (SSSR count). The Balaban J connectivity index is 1.71. The number of hydrogen-bond acceptors (Lipinski definition) is 6. The zero-order valence-corrected chi connectivity index (χ0v) is 19.6. The van der Waals surface area contributed by atoms with Gasteiger partial charge in [-0.1, -0.05) is 12.1 Å². The van der Waals surface area contributed by atoms with Gasteiger partial charge >= 0.3 is 0 Å². The van der Waals surface area contributed by atoms with Crippen molar-refractivity contribution in [2.45, 2.75) is 5.92 Å². The highest BCUT2D eigenvalue weighted by molar-refractivity contribution is 5.95. The zero-order chi connectivity index (χ0) is 24.2. The maximum Gasteiger partial charge on any atom is 0.256 e. The Hall–Kier alpha value is -3.33. The summed E-state index contributed by atoms with van der Waals surface area (Å²) in [6.45, 7) is 2.39. The van der Waals surface area contributed by atoms with E-state index in [0.29, 0.717) is 43.6 Å². The van der Waals surface area contributed by atoms with Gasteiger partial charge in [0.15, 0.2) is 11.5 Å². The molecular weight excluding hydrogens is 443 g/mol. The molecule has 0 radical (unpaired) electrons. The summed E-state index contributed by atoms with van der Waals surface area (Å²) in [5.41, 5.74) is 0.774.